The van der Waals surface area contributed by atoms with Gasteiger partial charge >= 0.3 is 0 Å². The normalized spacial score (nSPS) is 11.7. The summed E-state index contributed by atoms with van der Waals surface area (Å²) in [5.41, 5.74) is 5.58. The van der Waals surface area contributed by atoms with Gasteiger partial charge in [0.25, 0.3) is 0 Å². The first-order chi connectivity index (χ1) is 8.88. The maximum atomic E-state index is 13.5. The number of nitrogens with one attached hydrogen (secondary N) is 1. The quantitative estimate of drug-likeness (QED) is 0.795. The van der Waals surface area contributed by atoms with Crippen LogP contribution in [0.25, 0.3) is 0 Å². The first-order valence-electron chi connectivity index (χ1n) is 5.22. The maximum absolute atomic E-state index is 13.5. The van der Waals surface area contributed by atoms with E-state index in [1.807, 2.05) is 0 Å². The van der Waals surface area contributed by atoms with Gasteiger partial charge in [-0.25, -0.2) is 17.5 Å². The van der Waals surface area contributed by atoms with Crippen LogP contribution in [0.4, 0.5) is 10.1 Å². The molecule has 3 N–H and O–H groups in total. The SMILES string of the molecule is Cc1noc(CNS(=O)(=O)c2cc(N)ccc2F)n1. The van der Waals surface area contributed by atoms with Crippen molar-refractivity contribution in [3.05, 3.63) is 35.7 Å². The largest absolute Gasteiger partial charge is 0.399 e. The third-order valence-corrected chi connectivity index (χ3v) is 3.64. The topological polar surface area (TPSA) is 111 Å². The fourth-order valence-corrected chi connectivity index (χ4v) is 2.46. The molecule has 2 rings (SSSR count). The summed E-state index contributed by atoms with van der Waals surface area (Å²) in [7, 11) is -4.04. The summed E-state index contributed by atoms with van der Waals surface area (Å²) >= 11 is 0. The number of sulfonamides is 1. The van der Waals surface area contributed by atoms with E-state index >= 15 is 0 Å². The van der Waals surface area contributed by atoms with Gasteiger partial charge in [-0.1, -0.05) is 5.16 Å². The standard InChI is InChI=1S/C10H11FN4O3S/c1-6-14-10(18-15-6)5-13-19(16,17)9-4-7(12)2-3-8(9)11/h2-4,13H,5,12H2,1H3. The van der Waals surface area contributed by atoms with E-state index in [0.29, 0.717) is 5.82 Å². The van der Waals surface area contributed by atoms with E-state index in [-0.39, 0.29) is 18.1 Å². The van der Waals surface area contributed by atoms with Gasteiger partial charge in [0.1, 0.15) is 10.7 Å². The summed E-state index contributed by atoms with van der Waals surface area (Å²) in [5.74, 6) is -0.418. The Morgan fingerprint density at radius 2 is 2.21 bits per heavy atom. The molecule has 0 unspecified atom stereocenters. The van der Waals surface area contributed by atoms with Crippen molar-refractivity contribution in [3.63, 3.8) is 0 Å². The van der Waals surface area contributed by atoms with Crippen molar-refractivity contribution in [2.45, 2.75) is 18.4 Å². The molecule has 0 radical (unpaired) electrons. The lowest BCUT2D eigenvalue weighted by Gasteiger charge is -2.06. The molecule has 1 aromatic heterocycles. The van der Waals surface area contributed by atoms with Gasteiger partial charge in [-0.05, 0) is 25.1 Å². The molecule has 0 saturated carbocycles. The molecular weight excluding hydrogens is 275 g/mol. The summed E-state index contributed by atoms with van der Waals surface area (Å²) in [4.78, 5) is 3.30. The minimum atomic E-state index is -4.04. The van der Waals surface area contributed by atoms with Crippen molar-refractivity contribution >= 4 is 15.7 Å². The smallest absolute Gasteiger partial charge is 0.244 e. The Bertz CT molecular complexity index is 699. The number of hydrogen-bond acceptors (Lipinski definition) is 6. The number of nitrogen functional groups attached to an aromatic ring is 1. The van der Waals surface area contributed by atoms with E-state index < -0.39 is 20.7 Å². The summed E-state index contributed by atoms with van der Waals surface area (Å²) in [5, 5.41) is 3.51. The Balaban J connectivity index is 2.20. The van der Waals surface area contributed by atoms with Crippen LogP contribution >= 0.6 is 0 Å². The van der Waals surface area contributed by atoms with Gasteiger partial charge in [-0.15, -0.1) is 0 Å². The second-order valence-corrected chi connectivity index (χ2v) is 5.49. The molecule has 0 aliphatic heterocycles. The molecule has 0 amide bonds. The first-order valence-corrected chi connectivity index (χ1v) is 6.71. The number of rotatable bonds is 4. The van der Waals surface area contributed by atoms with Crippen LogP contribution in [-0.2, 0) is 16.6 Å². The van der Waals surface area contributed by atoms with E-state index in [2.05, 4.69) is 14.9 Å². The monoisotopic (exact) mass is 286 g/mol. The molecular formula is C10H11FN4O3S. The molecule has 0 fully saturated rings. The van der Waals surface area contributed by atoms with E-state index in [1.165, 1.54) is 6.07 Å². The highest BCUT2D eigenvalue weighted by atomic mass is 32.2. The van der Waals surface area contributed by atoms with Crippen LogP contribution in [0.2, 0.25) is 0 Å². The molecule has 2 aromatic rings. The number of benzene rings is 1. The fraction of sp³-hybridized carbons (Fsp3) is 0.200. The third-order valence-electron chi connectivity index (χ3n) is 2.23. The van der Waals surface area contributed by atoms with Gasteiger partial charge in [-0.2, -0.15) is 4.98 Å². The second-order valence-electron chi connectivity index (χ2n) is 3.75. The second kappa shape index (κ2) is 4.94. The lowest BCUT2D eigenvalue weighted by atomic mass is 10.3. The predicted octanol–water partition coefficient (Wildman–Crippen LogP) is 0.578. The zero-order valence-corrected chi connectivity index (χ0v) is 10.7. The minimum Gasteiger partial charge on any atom is -0.399 e. The van der Waals surface area contributed by atoms with Crippen LogP contribution in [0.15, 0.2) is 27.6 Å². The summed E-state index contributed by atoms with van der Waals surface area (Å²) < 4.78 is 44.1. The van der Waals surface area contributed by atoms with Crippen molar-refractivity contribution < 1.29 is 17.3 Å². The van der Waals surface area contributed by atoms with Crippen molar-refractivity contribution in [2.24, 2.45) is 0 Å². The molecule has 0 bridgehead atoms. The van der Waals surface area contributed by atoms with Gasteiger partial charge in [0.2, 0.25) is 15.9 Å². The van der Waals surface area contributed by atoms with Crippen LogP contribution in [0.5, 0.6) is 0 Å². The van der Waals surface area contributed by atoms with E-state index in [4.69, 9.17) is 10.3 Å². The summed E-state index contributed by atoms with van der Waals surface area (Å²) in [6.07, 6.45) is 0. The predicted molar refractivity (Wildman–Crippen MR) is 63.9 cm³/mol. The number of hydrogen-bond donors (Lipinski definition) is 2. The maximum Gasteiger partial charge on any atom is 0.244 e. The average molecular weight is 286 g/mol. The highest BCUT2D eigenvalue weighted by molar-refractivity contribution is 7.89. The highest BCUT2D eigenvalue weighted by Crippen LogP contribution is 2.17. The molecule has 1 aromatic carbocycles. The Morgan fingerprint density at radius 1 is 1.47 bits per heavy atom. The van der Waals surface area contributed by atoms with Gasteiger partial charge in [0.05, 0.1) is 6.54 Å². The zero-order chi connectivity index (χ0) is 14.0. The van der Waals surface area contributed by atoms with Crippen LogP contribution in [0, 0.1) is 12.7 Å². The number of aromatic nitrogens is 2. The minimum absolute atomic E-state index is 0.0883. The Kier molecular flexibility index (Phi) is 3.49. The summed E-state index contributed by atoms with van der Waals surface area (Å²) in [6, 6.07) is 3.30. The fourth-order valence-electron chi connectivity index (χ4n) is 1.37. The number of nitrogens with zero attached hydrogens (tertiary/aromatic N) is 2. The van der Waals surface area contributed by atoms with Gasteiger partial charge in [-0.3, -0.25) is 0 Å². The molecule has 19 heavy (non-hydrogen) atoms. The van der Waals surface area contributed by atoms with E-state index in [1.54, 1.807) is 6.92 Å². The van der Waals surface area contributed by atoms with Crippen molar-refractivity contribution in [1.82, 2.24) is 14.9 Å². The molecule has 7 nitrogen and oxygen atoms in total. The van der Waals surface area contributed by atoms with Crippen LogP contribution in [-0.4, -0.2) is 18.6 Å². The molecule has 1 heterocycles. The Labute approximate surface area is 108 Å². The number of nitrogens with two attached hydrogens (primary N) is 1. The third kappa shape index (κ3) is 3.06. The van der Waals surface area contributed by atoms with Gasteiger partial charge in [0, 0.05) is 5.69 Å². The van der Waals surface area contributed by atoms with Crippen LogP contribution in [0.1, 0.15) is 11.7 Å². The van der Waals surface area contributed by atoms with E-state index in [0.717, 1.165) is 12.1 Å². The van der Waals surface area contributed by atoms with E-state index in [9.17, 15) is 12.8 Å². The lowest BCUT2D eigenvalue weighted by molar-refractivity contribution is 0.372. The van der Waals surface area contributed by atoms with Crippen molar-refractivity contribution in [2.75, 3.05) is 5.73 Å². The molecule has 102 valence electrons. The number of halogens is 1. The van der Waals surface area contributed by atoms with Gasteiger partial charge < -0.3 is 10.3 Å². The highest BCUT2D eigenvalue weighted by Gasteiger charge is 2.20. The number of anilines is 1. The van der Waals surface area contributed by atoms with Crippen molar-refractivity contribution in [1.29, 1.82) is 0 Å². The lowest BCUT2D eigenvalue weighted by Crippen LogP contribution is -2.24. The molecule has 9 heteroatoms. The van der Waals surface area contributed by atoms with Crippen LogP contribution < -0.4 is 10.5 Å². The molecule has 0 aliphatic carbocycles. The Hall–Kier alpha value is -2.00. The molecule has 0 aliphatic rings. The molecule has 0 saturated heterocycles. The summed E-state index contributed by atoms with van der Waals surface area (Å²) in [6.45, 7) is 1.37. The molecule has 0 spiro atoms. The number of aryl methyl sites for hydroxylation is 1. The van der Waals surface area contributed by atoms with Crippen molar-refractivity contribution in [3.8, 4) is 0 Å². The van der Waals surface area contributed by atoms with Crippen LogP contribution in [0.3, 0.4) is 0 Å². The first kappa shape index (κ1) is 13.4. The molecule has 0 atom stereocenters. The zero-order valence-electron chi connectivity index (χ0n) is 9.92. The van der Waals surface area contributed by atoms with Gasteiger partial charge in [0.15, 0.2) is 5.82 Å². The Morgan fingerprint density at radius 3 is 2.84 bits per heavy atom. The average Bonchev–Trinajstić information content (AvgIpc) is 2.76.